The van der Waals surface area contributed by atoms with E-state index in [4.69, 9.17) is 4.42 Å². The zero-order valence-electron chi connectivity index (χ0n) is 8.23. The van der Waals surface area contributed by atoms with Crippen LogP contribution in [0.15, 0.2) is 45.9 Å². The minimum Gasteiger partial charge on any atom is -0.456 e. The van der Waals surface area contributed by atoms with Crippen LogP contribution in [0.4, 0.5) is 0 Å². The van der Waals surface area contributed by atoms with Gasteiger partial charge in [-0.3, -0.25) is 0 Å². The van der Waals surface area contributed by atoms with E-state index in [1.165, 1.54) is 12.3 Å². The van der Waals surface area contributed by atoms with Gasteiger partial charge >= 0.3 is 0 Å². The number of fused-ring (bicyclic) bond motifs is 1. The Kier molecular flexibility index (Phi) is 2.48. The van der Waals surface area contributed by atoms with E-state index in [9.17, 15) is 4.79 Å². The van der Waals surface area contributed by atoms with Crippen molar-refractivity contribution in [1.82, 2.24) is 0 Å². The fourth-order valence-corrected chi connectivity index (χ4v) is 1.36. The average molecular weight is 199 g/mol. The Morgan fingerprint density at radius 3 is 3.00 bits per heavy atom. The maximum Gasteiger partial charge on any atom is 0.239 e. The predicted octanol–water partition coefficient (Wildman–Crippen LogP) is 3.13. The summed E-state index contributed by atoms with van der Waals surface area (Å²) in [4.78, 5) is 13.3. The van der Waals surface area contributed by atoms with Gasteiger partial charge in [-0.05, 0) is 19.1 Å². The molecule has 0 bridgehead atoms. The highest BCUT2D eigenvalue weighted by molar-refractivity contribution is 5.81. The van der Waals surface area contributed by atoms with Gasteiger partial charge in [0.15, 0.2) is 0 Å². The first-order valence-corrected chi connectivity index (χ1v) is 4.54. The van der Waals surface area contributed by atoms with Crippen molar-refractivity contribution < 1.29 is 9.21 Å². The molecule has 3 nitrogen and oxygen atoms in total. The zero-order valence-corrected chi connectivity index (χ0v) is 8.23. The first-order chi connectivity index (χ1) is 7.31. The molecule has 0 aliphatic heterocycles. The lowest BCUT2D eigenvalue weighted by Gasteiger charge is -1.90. The standard InChI is InChI=1S/C12H9NO2/c1-9(7-13-8-14)12-6-10-4-2-3-5-11(10)15-12/h2-7H,1H3. The minimum absolute atomic E-state index is 0.718. The fraction of sp³-hybridized carbons (Fsp3) is 0.0833. The summed E-state index contributed by atoms with van der Waals surface area (Å²) in [6.07, 6.45) is 2.89. The van der Waals surface area contributed by atoms with E-state index in [2.05, 4.69) is 4.99 Å². The van der Waals surface area contributed by atoms with Crippen LogP contribution < -0.4 is 0 Å². The van der Waals surface area contributed by atoms with E-state index >= 15 is 0 Å². The van der Waals surface area contributed by atoms with E-state index in [0.29, 0.717) is 0 Å². The number of carbonyl (C=O) groups excluding carboxylic acids is 1. The molecule has 0 radical (unpaired) electrons. The number of aliphatic imine (C=N–C) groups is 1. The van der Waals surface area contributed by atoms with Gasteiger partial charge in [-0.2, -0.15) is 4.99 Å². The largest absolute Gasteiger partial charge is 0.456 e. The van der Waals surface area contributed by atoms with E-state index in [0.717, 1.165) is 22.3 Å². The summed E-state index contributed by atoms with van der Waals surface area (Å²) in [6, 6.07) is 9.65. The highest BCUT2D eigenvalue weighted by Gasteiger charge is 2.03. The lowest BCUT2D eigenvalue weighted by Crippen LogP contribution is -1.70. The van der Waals surface area contributed by atoms with Gasteiger partial charge in [0.25, 0.3) is 0 Å². The summed E-state index contributed by atoms with van der Waals surface area (Å²) >= 11 is 0. The van der Waals surface area contributed by atoms with Crippen molar-refractivity contribution in [3.8, 4) is 0 Å². The topological polar surface area (TPSA) is 42.6 Å². The smallest absolute Gasteiger partial charge is 0.239 e. The van der Waals surface area contributed by atoms with Crippen molar-refractivity contribution in [2.75, 3.05) is 0 Å². The molecule has 0 fully saturated rings. The molecule has 2 aromatic rings. The number of hydrogen-bond acceptors (Lipinski definition) is 3. The lowest BCUT2D eigenvalue weighted by molar-refractivity contribution is 0.565. The van der Waals surface area contributed by atoms with E-state index in [1.54, 1.807) is 0 Å². The predicted molar refractivity (Wildman–Crippen MR) is 58.0 cm³/mol. The van der Waals surface area contributed by atoms with Gasteiger partial charge in [0.2, 0.25) is 6.08 Å². The molecule has 0 unspecified atom stereocenters. The van der Waals surface area contributed by atoms with Gasteiger partial charge < -0.3 is 4.42 Å². The third-order valence-corrected chi connectivity index (χ3v) is 2.13. The molecule has 0 saturated carbocycles. The molecular weight excluding hydrogens is 190 g/mol. The van der Waals surface area contributed by atoms with Crippen LogP contribution in [0, 0.1) is 0 Å². The van der Waals surface area contributed by atoms with E-state index < -0.39 is 0 Å². The lowest BCUT2D eigenvalue weighted by atomic mass is 10.2. The Labute approximate surface area is 86.7 Å². The Hall–Kier alpha value is -2.12. The summed E-state index contributed by atoms with van der Waals surface area (Å²) in [5, 5.41) is 1.04. The van der Waals surface area contributed by atoms with Crippen molar-refractivity contribution >= 4 is 22.6 Å². The molecule has 0 spiro atoms. The van der Waals surface area contributed by atoms with Gasteiger partial charge in [-0.15, -0.1) is 0 Å². The average Bonchev–Trinajstić information content (AvgIpc) is 2.69. The van der Waals surface area contributed by atoms with Crippen LogP contribution in [0.25, 0.3) is 16.5 Å². The van der Waals surface area contributed by atoms with Gasteiger partial charge in [0.05, 0.1) is 0 Å². The molecule has 1 aromatic heterocycles. The minimum atomic E-state index is 0.718. The molecule has 0 N–H and O–H groups in total. The molecule has 2 rings (SSSR count). The number of rotatable bonds is 2. The molecule has 3 heteroatoms. The van der Waals surface area contributed by atoms with E-state index in [-0.39, 0.29) is 0 Å². The molecule has 1 aromatic carbocycles. The van der Waals surface area contributed by atoms with Crippen molar-refractivity contribution in [2.24, 2.45) is 4.99 Å². The van der Waals surface area contributed by atoms with Crippen LogP contribution in [0.1, 0.15) is 12.7 Å². The number of hydrogen-bond donors (Lipinski definition) is 0. The molecule has 74 valence electrons. The Morgan fingerprint density at radius 1 is 1.47 bits per heavy atom. The van der Waals surface area contributed by atoms with Crippen LogP contribution in [-0.2, 0) is 4.79 Å². The Bertz CT molecular complexity index is 527. The number of isocyanates is 1. The number of allylic oxidation sites excluding steroid dienone is 1. The normalized spacial score (nSPS) is 11.4. The molecule has 1 heterocycles. The maximum atomic E-state index is 9.95. The van der Waals surface area contributed by atoms with Gasteiger partial charge in [-0.1, -0.05) is 18.2 Å². The van der Waals surface area contributed by atoms with Crippen molar-refractivity contribution in [3.63, 3.8) is 0 Å². The van der Waals surface area contributed by atoms with Crippen LogP contribution >= 0.6 is 0 Å². The molecule has 15 heavy (non-hydrogen) atoms. The third-order valence-electron chi connectivity index (χ3n) is 2.13. The van der Waals surface area contributed by atoms with Crippen LogP contribution in [-0.4, -0.2) is 6.08 Å². The van der Waals surface area contributed by atoms with Crippen LogP contribution in [0.5, 0.6) is 0 Å². The third kappa shape index (κ3) is 1.87. The first-order valence-electron chi connectivity index (χ1n) is 4.54. The van der Waals surface area contributed by atoms with Gasteiger partial charge in [-0.25, -0.2) is 4.79 Å². The maximum absolute atomic E-state index is 9.95. The Morgan fingerprint density at radius 2 is 2.27 bits per heavy atom. The Balaban J connectivity index is 2.49. The highest BCUT2D eigenvalue weighted by Crippen LogP contribution is 2.23. The highest BCUT2D eigenvalue weighted by atomic mass is 16.3. The second-order valence-corrected chi connectivity index (χ2v) is 3.18. The summed E-state index contributed by atoms with van der Waals surface area (Å²) in [6.45, 7) is 1.83. The van der Waals surface area contributed by atoms with Crippen LogP contribution in [0.3, 0.4) is 0 Å². The molecule has 0 amide bonds. The summed E-state index contributed by atoms with van der Waals surface area (Å²) < 4.78 is 5.57. The zero-order chi connectivity index (χ0) is 10.7. The van der Waals surface area contributed by atoms with Crippen molar-refractivity contribution in [2.45, 2.75) is 6.92 Å². The summed E-state index contributed by atoms with van der Waals surface area (Å²) in [5.41, 5.74) is 1.63. The number of para-hydroxylation sites is 1. The number of nitrogens with zero attached hydrogens (tertiary/aromatic N) is 1. The van der Waals surface area contributed by atoms with Gasteiger partial charge in [0, 0.05) is 17.2 Å². The quantitative estimate of drug-likeness (QED) is 0.550. The summed E-state index contributed by atoms with van der Waals surface area (Å²) in [5.74, 6) is 0.718. The number of benzene rings is 1. The molecular formula is C12H9NO2. The molecule has 0 atom stereocenters. The fourth-order valence-electron chi connectivity index (χ4n) is 1.36. The van der Waals surface area contributed by atoms with Crippen molar-refractivity contribution in [3.05, 3.63) is 42.3 Å². The summed E-state index contributed by atoms with van der Waals surface area (Å²) in [7, 11) is 0. The van der Waals surface area contributed by atoms with Crippen LogP contribution in [0.2, 0.25) is 0 Å². The van der Waals surface area contributed by atoms with E-state index in [1.807, 2.05) is 37.3 Å². The number of furan rings is 1. The molecule has 0 aliphatic carbocycles. The monoisotopic (exact) mass is 199 g/mol. The second-order valence-electron chi connectivity index (χ2n) is 3.18. The SMILES string of the molecule is CC(=CN=C=O)c1cc2ccccc2o1. The van der Waals surface area contributed by atoms with Crippen molar-refractivity contribution in [1.29, 1.82) is 0 Å². The van der Waals surface area contributed by atoms with Gasteiger partial charge in [0.1, 0.15) is 11.3 Å². The second kappa shape index (κ2) is 3.95. The first kappa shape index (κ1) is 9.44. The molecule has 0 aliphatic rings. The molecule has 0 saturated heterocycles.